The Morgan fingerprint density at radius 1 is 1.27 bits per heavy atom. The predicted molar refractivity (Wildman–Crippen MR) is 60.1 cm³/mol. The van der Waals surface area contributed by atoms with E-state index in [1.165, 1.54) is 19.3 Å². The number of hydrogen-bond acceptors (Lipinski definition) is 3. The van der Waals surface area contributed by atoms with E-state index < -0.39 is 0 Å². The quantitative estimate of drug-likeness (QED) is 0.704. The number of nitrogens with zero attached hydrogens (tertiary/aromatic N) is 2. The van der Waals surface area contributed by atoms with E-state index >= 15 is 0 Å². The van der Waals surface area contributed by atoms with Crippen LogP contribution >= 0.6 is 0 Å². The topological polar surface area (TPSA) is 33.2 Å². The maximum absolute atomic E-state index is 10.4. The van der Waals surface area contributed by atoms with E-state index in [0.29, 0.717) is 6.42 Å². The average molecular weight is 204 g/mol. The molecule has 0 bridgehead atoms. The largest absolute Gasteiger partial charge is 0.357 e. The van der Waals surface area contributed by atoms with E-state index in [0.717, 1.165) is 30.9 Å². The van der Waals surface area contributed by atoms with Crippen molar-refractivity contribution in [3.63, 3.8) is 0 Å². The van der Waals surface area contributed by atoms with E-state index in [4.69, 9.17) is 0 Å². The molecular weight excluding hydrogens is 188 g/mol. The van der Waals surface area contributed by atoms with Gasteiger partial charge in [0.1, 0.15) is 12.1 Å². The third kappa shape index (κ3) is 2.55. The summed E-state index contributed by atoms with van der Waals surface area (Å²) in [5.41, 5.74) is 0.869. The molecule has 3 heteroatoms. The van der Waals surface area contributed by atoms with Crippen molar-refractivity contribution in [2.24, 2.45) is 0 Å². The lowest BCUT2D eigenvalue weighted by Crippen LogP contribution is -2.30. The van der Waals surface area contributed by atoms with Crippen molar-refractivity contribution >= 4 is 12.1 Å². The summed E-state index contributed by atoms with van der Waals surface area (Å²) in [4.78, 5) is 17.2. The van der Waals surface area contributed by atoms with Gasteiger partial charge in [0.25, 0.3) is 0 Å². The van der Waals surface area contributed by atoms with Crippen molar-refractivity contribution in [1.82, 2.24) is 4.98 Å². The van der Waals surface area contributed by atoms with Gasteiger partial charge in [-0.25, -0.2) is 4.98 Å². The van der Waals surface area contributed by atoms with Gasteiger partial charge in [-0.15, -0.1) is 0 Å². The zero-order valence-corrected chi connectivity index (χ0v) is 8.85. The average Bonchev–Trinajstić information content (AvgIpc) is 2.31. The lowest BCUT2D eigenvalue weighted by Gasteiger charge is -2.27. The molecule has 1 saturated heterocycles. The van der Waals surface area contributed by atoms with Crippen LogP contribution in [0.15, 0.2) is 18.2 Å². The van der Waals surface area contributed by atoms with Crippen molar-refractivity contribution in [3.05, 3.63) is 23.9 Å². The Hall–Kier alpha value is -1.38. The third-order valence-electron chi connectivity index (χ3n) is 2.76. The minimum absolute atomic E-state index is 0.418. The molecule has 2 rings (SSSR count). The molecule has 0 aliphatic carbocycles. The number of carbonyl (C=O) groups excluding carboxylic acids is 1. The molecule has 0 atom stereocenters. The normalized spacial score (nSPS) is 16.4. The highest BCUT2D eigenvalue weighted by atomic mass is 16.1. The lowest BCUT2D eigenvalue weighted by atomic mass is 10.1. The van der Waals surface area contributed by atoms with Crippen LogP contribution in [0, 0.1) is 0 Å². The van der Waals surface area contributed by atoms with E-state index in [9.17, 15) is 4.79 Å². The van der Waals surface area contributed by atoms with E-state index in [1.54, 1.807) is 0 Å². The van der Waals surface area contributed by atoms with Crippen LogP contribution in [0.5, 0.6) is 0 Å². The molecule has 0 N–H and O–H groups in total. The zero-order chi connectivity index (χ0) is 10.5. The van der Waals surface area contributed by atoms with Crippen LogP contribution in [0.2, 0.25) is 0 Å². The minimum Gasteiger partial charge on any atom is -0.357 e. The van der Waals surface area contributed by atoms with Crippen molar-refractivity contribution in [3.8, 4) is 0 Å². The smallest absolute Gasteiger partial charge is 0.128 e. The van der Waals surface area contributed by atoms with Gasteiger partial charge in [0.05, 0.1) is 0 Å². The Labute approximate surface area is 90.1 Å². The predicted octanol–water partition coefficient (Wildman–Crippen LogP) is 1.81. The highest BCUT2D eigenvalue weighted by Crippen LogP contribution is 2.17. The van der Waals surface area contributed by atoms with Gasteiger partial charge in [-0.2, -0.15) is 0 Å². The SMILES string of the molecule is O=CCc1cccc(N2CCCCC2)n1. The van der Waals surface area contributed by atoms with Crippen LogP contribution < -0.4 is 4.90 Å². The van der Waals surface area contributed by atoms with Crippen molar-refractivity contribution in [2.75, 3.05) is 18.0 Å². The monoisotopic (exact) mass is 204 g/mol. The zero-order valence-electron chi connectivity index (χ0n) is 8.85. The van der Waals surface area contributed by atoms with Gasteiger partial charge < -0.3 is 9.69 Å². The molecule has 3 nitrogen and oxygen atoms in total. The fourth-order valence-electron chi connectivity index (χ4n) is 1.97. The first-order chi connectivity index (χ1) is 7.40. The molecule has 80 valence electrons. The van der Waals surface area contributed by atoms with E-state index in [1.807, 2.05) is 18.2 Å². The third-order valence-corrected chi connectivity index (χ3v) is 2.76. The van der Waals surface area contributed by atoms with Gasteiger partial charge in [-0.05, 0) is 31.4 Å². The molecule has 1 aromatic heterocycles. The Morgan fingerprint density at radius 2 is 2.07 bits per heavy atom. The number of pyridine rings is 1. The van der Waals surface area contributed by atoms with E-state index in [-0.39, 0.29) is 0 Å². The molecule has 1 fully saturated rings. The van der Waals surface area contributed by atoms with Gasteiger partial charge in [-0.3, -0.25) is 0 Å². The molecular formula is C12H16N2O. The van der Waals surface area contributed by atoms with Crippen LogP contribution in [-0.2, 0) is 11.2 Å². The van der Waals surface area contributed by atoms with Crippen molar-refractivity contribution in [2.45, 2.75) is 25.7 Å². The van der Waals surface area contributed by atoms with Crippen LogP contribution in [0.1, 0.15) is 25.0 Å². The highest BCUT2D eigenvalue weighted by Gasteiger charge is 2.11. The molecule has 0 radical (unpaired) electrons. The van der Waals surface area contributed by atoms with Crippen molar-refractivity contribution in [1.29, 1.82) is 0 Å². The second-order valence-electron chi connectivity index (χ2n) is 3.91. The Bertz CT molecular complexity index is 332. The van der Waals surface area contributed by atoms with Gasteiger partial charge >= 0.3 is 0 Å². The summed E-state index contributed by atoms with van der Waals surface area (Å²) in [6, 6.07) is 5.91. The maximum atomic E-state index is 10.4. The summed E-state index contributed by atoms with van der Waals surface area (Å²) in [7, 11) is 0. The molecule has 0 spiro atoms. The number of anilines is 1. The minimum atomic E-state index is 0.418. The molecule has 0 aromatic carbocycles. The summed E-state index contributed by atoms with van der Waals surface area (Å²) < 4.78 is 0. The first kappa shape index (κ1) is 10.1. The number of hydrogen-bond donors (Lipinski definition) is 0. The number of piperidine rings is 1. The highest BCUT2D eigenvalue weighted by molar-refractivity contribution is 5.54. The summed E-state index contributed by atoms with van der Waals surface area (Å²) in [6.45, 7) is 2.19. The fraction of sp³-hybridized carbons (Fsp3) is 0.500. The molecule has 0 amide bonds. The molecule has 1 aromatic rings. The first-order valence-corrected chi connectivity index (χ1v) is 5.54. The van der Waals surface area contributed by atoms with Crippen LogP contribution in [0.25, 0.3) is 0 Å². The molecule has 1 aliphatic rings. The standard InChI is InChI=1S/C12H16N2O/c15-10-7-11-5-4-6-12(13-11)14-8-2-1-3-9-14/h4-6,10H,1-3,7-9H2. The summed E-state index contributed by atoms with van der Waals surface area (Å²) in [5.74, 6) is 1.02. The van der Waals surface area contributed by atoms with Crippen LogP contribution in [0.3, 0.4) is 0 Å². The van der Waals surface area contributed by atoms with Gasteiger partial charge in [0, 0.05) is 25.2 Å². The molecule has 0 saturated carbocycles. The van der Waals surface area contributed by atoms with Crippen LogP contribution in [-0.4, -0.2) is 24.4 Å². The van der Waals surface area contributed by atoms with Crippen molar-refractivity contribution < 1.29 is 4.79 Å². The molecule has 1 aliphatic heterocycles. The maximum Gasteiger partial charge on any atom is 0.128 e. The lowest BCUT2D eigenvalue weighted by molar-refractivity contribution is -0.107. The molecule has 2 heterocycles. The van der Waals surface area contributed by atoms with E-state index in [2.05, 4.69) is 9.88 Å². The van der Waals surface area contributed by atoms with Gasteiger partial charge in [-0.1, -0.05) is 6.07 Å². The number of aldehydes is 1. The summed E-state index contributed by atoms with van der Waals surface area (Å²) in [6.07, 6.45) is 5.15. The number of carbonyl (C=O) groups is 1. The number of rotatable bonds is 3. The Balaban J connectivity index is 2.12. The second-order valence-corrected chi connectivity index (χ2v) is 3.91. The second kappa shape index (κ2) is 4.91. The van der Waals surface area contributed by atoms with Gasteiger partial charge in [0.2, 0.25) is 0 Å². The Kier molecular flexibility index (Phi) is 3.33. The Morgan fingerprint density at radius 3 is 2.80 bits per heavy atom. The molecule has 0 unspecified atom stereocenters. The number of aromatic nitrogens is 1. The molecule has 15 heavy (non-hydrogen) atoms. The summed E-state index contributed by atoms with van der Waals surface area (Å²) >= 11 is 0. The summed E-state index contributed by atoms with van der Waals surface area (Å²) in [5, 5.41) is 0. The van der Waals surface area contributed by atoms with Gasteiger partial charge in [0.15, 0.2) is 0 Å². The van der Waals surface area contributed by atoms with Crippen LogP contribution in [0.4, 0.5) is 5.82 Å². The first-order valence-electron chi connectivity index (χ1n) is 5.54. The fourth-order valence-corrected chi connectivity index (χ4v) is 1.97.